The fourth-order valence-electron chi connectivity index (χ4n) is 4.96. The minimum atomic E-state index is 0. The van der Waals surface area contributed by atoms with Crippen molar-refractivity contribution in [2.24, 2.45) is 0 Å². The third kappa shape index (κ3) is 7.18. The van der Waals surface area contributed by atoms with Crippen LogP contribution in [0.1, 0.15) is 11.1 Å². The fourth-order valence-corrected chi connectivity index (χ4v) is 4.96. The average Bonchev–Trinajstić information content (AvgIpc) is 3.11. The molecule has 0 unspecified atom stereocenters. The Balaban J connectivity index is 0.000000139. The summed E-state index contributed by atoms with van der Waals surface area (Å²) >= 11 is 0. The molecule has 6 nitrogen and oxygen atoms in total. The molecule has 0 aliphatic heterocycles. The maximum Gasteiger partial charge on any atom is 3.00 e. The normalized spacial score (nSPS) is 11.4. The minimum Gasteiger partial charge on any atom is -0.299 e. The van der Waals surface area contributed by atoms with E-state index in [1.54, 1.807) is 30.9 Å². The van der Waals surface area contributed by atoms with Crippen molar-refractivity contribution in [1.29, 1.82) is 10.8 Å². The molecular weight excluding hydrogens is 643 g/mol. The van der Waals surface area contributed by atoms with Crippen LogP contribution in [0.25, 0.3) is 50.4 Å². The van der Waals surface area contributed by atoms with Gasteiger partial charge in [0.2, 0.25) is 0 Å². The molecule has 0 fully saturated rings. The third-order valence-corrected chi connectivity index (χ3v) is 7.11. The van der Waals surface area contributed by atoms with Gasteiger partial charge in [0, 0.05) is 30.4 Å². The number of hydrogen-bond donors (Lipinski definition) is 2. The van der Waals surface area contributed by atoms with Crippen molar-refractivity contribution >= 4 is 39.0 Å². The van der Waals surface area contributed by atoms with E-state index in [1.165, 1.54) is 16.2 Å². The Morgan fingerprint density at radius 2 is 0.867 bits per heavy atom. The second-order valence-electron chi connectivity index (χ2n) is 9.89. The van der Waals surface area contributed by atoms with Gasteiger partial charge in [0.15, 0.2) is 0 Å². The van der Waals surface area contributed by atoms with Crippen molar-refractivity contribution < 1.29 is 19.5 Å². The average molecular weight is 672 g/mol. The molecule has 3 aromatic carbocycles. The zero-order valence-corrected chi connectivity index (χ0v) is 25.8. The molecule has 0 atom stereocenters. The maximum atomic E-state index is 8.04. The van der Waals surface area contributed by atoms with Crippen molar-refractivity contribution in [3.8, 4) is 22.8 Å². The third-order valence-electron chi connectivity index (χ3n) is 7.11. The summed E-state index contributed by atoms with van der Waals surface area (Å²) in [6.45, 7) is 0. The molecule has 7 heteroatoms. The summed E-state index contributed by atoms with van der Waals surface area (Å²) in [6.07, 6.45) is 10.7. The van der Waals surface area contributed by atoms with E-state index in [2.05, 4.69) is 56.3 Å². The van der Waals surface area contributed by atoms with Crippen molar-refractivity contribution in [2.75, 3.05) is 0 Å². The van der Waals surface area contributed by atoms with Crippen LogP contribution in [0.3, 0.4) is 0 Å². The molecule has 2 N–H and O–H groups in total. The predicted octanol–water partition coefficient (Wildman–Crippen LogP) is 8.69. The van der Waals surface area contributed by atoms with Gasteiger partial charge in [-0.3, -0.25) is 30.8 Å². The SMILES string of the molecule is N=C1C=Cc2c(ccc3c2ccc2ccccc23)C1=N.[Rh+3].c1ccc(-c2ccccn2)nc1.c1ccc(-c2ccccn2)nc1. The Kier molecular flexibility index (Phi) is 10.2. The number of benzene rings is 3. The Morgan fingerprint density at radius 3 is 1.36 bits per heavy atom. The topological polar surface area (TPSA) is 99.3 Å². The van der Waals surface area contributed by atoms with Gasteiger partial charge in [-0.05, 0) is 81.7 Å². The van der Waals surface area contributed by atoms with Gasteiger partial charge in [-0.25, -0.2) is 0 Å². The van der Waals surface area contributed by atoms with Gasteiger partial charge in [-0.15, -0.1) is 0 Å². The smallest absolute Gasteiger partial charge is 0.299 e. The molecule has 0 saturated heterocycles. The fraction of sp³-hybridized carbons (Fsp3) is 0. The van der Waals surface area contributed by atoms with Gasteiger partial charge in [0.1, 0.15) is 0 Å². The van der Waals surface area contributed by atoms with Crippen LogP contribution in [0.5, 0.6) is 0 Å². The monoisotopic (exact) mass is 671 g/mol. The van der Waals surface area contributed by atoms with E-state index >= 15 is 0 Å². The van der Waals surface area contributed by atoms with Crippen LogP contribution in [-0.4, -0.2) is 31.4 Å². The van der Waals surface area contributed by atoms with Crippen molar-refractivity contribution in [1.82, 2.24) is 19.9 Å². The van der Waals surface area contributed by atoms with E-state index in [9.17, 15) is 0 Å². The maximum absolute atomic E-state index is 8.04. The Labute approximate surface area is 274 Å². The Hall–Kier alpha value is -5.52. The number of fused-ring (bicyclic) bond motifs is 5. The second-order valence-corrected chi connectivity index (χ2v) is 9.89. The molecule has 0 saturated carbocycles. The summed E-state index contributed by atoms with van der Waals surface area (Å²) in [5.41, 5.74) is 6.14. The zero-order valence-electron chi connectivity index (χ0n) is 24.1. The molecule has 4 aromatic heterocycles. The standard InChI is InChI=1S/C18H12N2.2C10H8N2.Rh/c19-17-10-9-15-14-6-5-11-3-1-2-4-12(11)13(14)7-8-16(15)18(17)20;2*1-3-7-11-9(5-1)10-6-2-4-8-12-10;/h1-10,19-20H;2*1-8H;/q;;;+3. The van der Waals surface area contributed by atoms with E-state index in [-0.39, 0.29) is 25.2 Å². The predicted molar refractivity (Wildman–Crippen MR) is 180 cm³/mol. The number of nitrogens with zero attached hydrogens (tertiary/aromatic N) is 4. The Morgan fingerprint density at radius 1 is 0.400 bits per heavy atom. The first kappa shape index (κ1) is 30.9. The molecule has 7 aromatic rings. The van der Waals surface area contributed by atoms with E-state index in [0.717, 1.165) is 39.3 Å². The Bertz CT molecular complexity index is 1930. The van der Waals surface area contributed by atoms with Crippen LogP contribution in [0.4, 0.5) is 0 Å². The van der Waals surface area contributed by atoms with Gasteiger partial charge < -0.3 is 0 Å². The largest absolute Gasteiger partial charge is 3.00 e. The van der Waals surface area contributed by atoms with Gasteiger partial charge >= 0.3 is 19.5 Å². The molecule has 45 heavy (non-hydrogen) atoms. The minimum absolute atomic E-state index is 0. The van der Waals surface area contributed by atoms with Crippen LogP contribution < -0.4 is 0 Å². The van der Waals surface area contributed by atoms with Gasteiger partial charge in [0.25, 0.3) is 0 Å². The number of pyridine rings is 4. The first-order valence-electron chi connectivity index (χ1n) is 14.1. The molecule has 1 aliphatic carbocycles. The molecular formula is C38H28N6Rh+3. The summed E-state index contributed by atoms with van der Waals surface area (Å²) in [4.78, 5) is 16.7. The summed E-state index contributed by atoms with van der Waals surface area (Å²) in [7, 11) is 0. The first-order chi connectivity index (χ1) is 21.7. The van der Waals surface area contributed by atoms with Crippen LogP contribution in [0, 0.1) is 10.8 Å². The molecule has 4 heterocycles. The number of rotatable bonds is 2. The van der Waals surface area contributed by atoms with E-state index < -0.39 is 0 Å². The van der Waals surface area contributed by atoms with Crippen molar-refractivity contribution in [2.45, 2.75) is 0 Å². The first-order valence-corrected chi connectivity index (χ1v) is 14.1. The summed E-state index contributed by atoms with van der Waals surface area (Å²) in [6, 6.07) is 39.8. The quantitative estimate of drug-likeness (QED) is 0.142. The van der Waals surface area contributed by atoms with Crippen LogP contribution in [0.2, 0.25) is 0 Å². The zero-order chi connectivity index (χ0) is 30.1. The van der Waals surface area contributed by atoms with Crippen LogP contribution in [0.15, 0.2) is 152 Å². The summed E-state index contributed by atoms with van der Waals surface area (Å²) < 4.78 is 0. The van der Waals surface area contributed by atoms with E-state index in [1.807, 2.05) is 91.0 Å². The molecule has 0 spiro atoms. The number of hydrogen-bond acceptors (Lipinski definition) is 6. The molecule has 216 valence electrons. The van der Waals surface area contributed by atoms with Gasteiger partial charge in [-0.2, -0.15) is 0 Å². The van der Waals surface area contributed by atoms with Gasteiger partial charge in [-0.1, -0.05) is 78.9 Å². The summed E-state index contributed by atoms with van der Waals surface area (Å²) in [5.74, 6) is 0. The van der Waals surface area contributed by atoms with Gasteiger partial charge in [0.05, 0.1) is 34.2 Å². The molecule has 0 amide bonds. The van der Waals surface area contributed by atoms with Crippen molar-refractivity contribution in [3.63, 3.8) is 0 Å². The van der Waals surface area contributed by atoms with E-state index in [4.69, 9.17) is 10.8 Å². The molecule has 8 rings (SSSR count). The number of aromatic nitrogens is 4. The van der Waals surface area contributed by atoms with Crippen LogP contribution in [-0.2, 0) is 19.5 Å². The number of allylic oxidation sites excluding steroid dienone is 1. The van der Waals surface area contributed by atoms with Crippen molar-refractivity contribution in [3.05, 3.63) is 163 Å². The molecule has 0 radical (unpaired) electrons. The molecule has 1 aliphatic rings. The second kappa shape index (κ2) is 14.8. The summed E-state index contributed by atoms with van der Waals surface area (Å²) in [5, 5.41) is 20.6. The van der Waals surface area contributed by atoms with E-state index in [0.29, 0.717) is 5.71 Å². The molecule has 0 bridgehead atoms. The van der Waals surface area contributed by atoms with Crippen LogP contribution >= 0.6 is 0 Å². The number of nitrogens with one attached hydrogen (secondary N) is 2.